The summed E-state index contributed by atoms with van der Waals surface area (Å²) >= 11 is 3.05. The highest BCUT2D eigenvalue weighted by Gasteiger charge is 2.20. The molecule has 0 atom stereocenters. The average Bonchev–Trinajstić information content (AvgIpc) is 2.48. The second-order valence-electron chi connectivity index (χ2n) is 4.48. The molecule has 1 N–H and O–H groups in total. The zero-order chi connectivity index (χ0) is 15.0. The lowest BCUT2D eigenvalue weighted by molar-refractivity contribution is -0.118. The molecule has 1 aliphatic rings. The Morgan fingerprint density at radius 2 is 2.10 bits per heavy atom. The molecule has 0 saturated heterocycles. The molecule has 2 aromatic carbocycles. The molecule has 4 nitrogen and oxygen atoms in total. The van der Waals surface area contributed by atoms with Crippen molar-refractivity contribution in [3.63, 3.8) is 0 Å². The van der Waals surface area contributed by atoms with Gasteiger partial charge in [0.1, 0.15) is 11.6 Å². The Balaban J connectivity index is 2.01. The van der Waals surface area contributed by atoms with Crippen LogP contribution in [0, 0.1) is 5.82 Å². The van der Waals surface area contributed by atoms with Gasteiger partial charge in [-0.25, -0.2) is 4.39 Å². The van der Waals surface area contributed by atoms with Gasteiger partial charge in [0.15, 0.2) is 12.4 Å². The molecule has 0 spiro atoms. The first kappa shape index (κ1) is 13.8. The number of carbonyl (C=O) groups is 2. The van der Waals surface area contributed by atoms with Crippen molar-refractivity contribution in [1.29, 1.82) is 0 Å². The van der Waals surface area contributed by atoms with Crippen molar-refractivity contribution < 1.29 is 18.7 Å². The standard InChI is InChI=1S/C15H9BrFNO3/c16-10-3-1-2-9(14(10)17)15(20)8-4-5-12-11(6-8)18-13(19)7-21-12/h1-6H,7H2,(H,18,19). The van der Waals surface area contributed by atoms with Gasteiger partial charge in [0.25, 0.3) is 5.91 Å². The first-order valence-corrected chi connectivity index (χ1v) is 6.91. The molecule has 0 bridgehead atoms. The number of rotatable bonds is 2. The van der Waals surface area contributed by atoms with E-state index in [1.165, 1.54) is 18.2 Å². The van der Waals surface area contributed by atoms with Crippen molar-refractivity contribution in [2.24, 2.45) is 0 Å². The Bertz CT molecular complexity index is 761. The number of hydrogen-bond acceptors (Lipinski definition) is 3. The number of ether oxygens (including phenoxy) is 1. The van der Waals surface area contributed by atoms with Gasteiger partial charge < -0.3 is 10.1 Å². The molecule has 3 rings (SSSR count). The van der Waals surface area contributed by atoms with Gasteiger partial charge in [0.2, 0.25) is 0 Å². The Kier molecular flexibility index (Phi) is 3.47. The molecule has 1 heterocycles. The largest absolute Gasteiger partial charge is 0.482 e. The Morgan fingerprint density at radius 1 is 1.29 bits per heavy atom. The maximum Gasteiger partial charge on any atom is 0.262 e. The number of nitrogens with one attached hydrogen (secondary N) is 1. The van der Waals surface area contributed by atoms with Gasteiger partial charge >= 0.3 is 0 Å². The zero-order valence-electron chi connectivity index (χ0n) is 10.7. The quantitative estimate of drug-likeness (QED) is 0.847. The molecule has 21 heavy (non-hydrogen) atoms. The maximum absolute atomic E-state index is 14.0. The molecule has 1 amide bonds. The Hall–Kier alpha value is -2.21. The number of ketones is 1. The highest BCUT2D eigenvalue weighted by molar-refractivity contribution is 9.10. The molecular weight excluding hydrogens is 341 g/mol. The smallest absolute Gasteiger partial charge is 0.262 e. The summed E-state index contributed by atoms with van der Waals surface area (Å²) in [6, 6.07) is 9.12. The zero-order valence-corrected chi connectivity index (χ0v) is 12.2. The SMILES string of the molecule is O=C1COc2ccc(C(=O)c3cccc(Br)c3F)cc2N1. The van der Waals surface area contributed by atoms with E-state index in [9.17, 15) is 14.0 Å². The summed E-state index contributed by atoms with van der Waals surface area (Å²) in [6.45, 7) is -0.0550. The third-order valence-electron chi connectivity index (χ3n) is 3.07. The van der Waals surface area contributed by atoms with Gasteiger partial charge in [-0.3, -0.25) is 9.59 Å². The van der Waals surface area contributed by atoms with Crippen molar-refractivity contribution in [2.45, 2.75) is 0 Å². The molecule has 106 valence electrons. The van der Waals surface area contributed by atoms with Gasteiger partial charge in [0.05, 0.1) is 15.7 Å². The summed E-state index contributed by atoms with van der Waals surface area (Å²) in [7, 11) is 0. The Labute approximate surface area is 128 Å². The van der Waals surface area contributed by atoms with Crippen molar-refractivity contribution in [3.8, 4) is 5.75 Å². The van der Waals surface area contributed by atoms with Gasteiger partial charge in [-0.1, -0.05) is 6.07 Å². The summed E-state index contributed by atoms with van der Waals surface area (Å²) in [6.07, 6.45) is 0. The second-order valence-corrected chi connectivity index (χ2v) is 5.33. The van der Waals surface area contributed by atoms with Gasteiger partial charge in [-0.15, -0.1) is 0 Å². The topological polar surface area (TPSA) is 55.4 Å². The van der Waals surface area contributed by atoms with Crippen molar-refractivity contribution >= 4 is 33.3 Å². The van der Waals surface area contributed by atoms with E-state index >= 15 is 0 Å². The second kappa shape index (κ2) is 5.29. The van der Waals surface area contributed by atoms with Crippen molar-refractivity contribution in [2.75, 3.05) is 11.9 Å². The van der Waals surface area contributed by atoms with Gasteiger partial charge in [0, 0.05) is 5.56 Å². The lowest BCUT2D eigenvalue weighted by atomic mass is 10.0. The van der Waals surface area contributed by atoms with Crippen LogP contribution in [0.3, 0.4) is 0 Å². The first-order valence-electron chi connectivity index (χ1n) is 6.11. The number of amides is 1. The number of benzene rings is 2. The monoisotopic (exact) mass is 349 g/mol. The van der Waals surface area contributed by atoms with E-state index in [1.54, 1.807) is 18.2 Å². The van der Waals surface area contributed by atoms with E-state index in [4.69, 9.17) is 4.74 Å². The van der Waals surface area contributed by atoms with Gasteiger partial charge in [-0.2, -0.15) is 0 Å². The average molecular weight is 350 g/mol. The van der Waals surface area contributed by atoms with Crippen LogP contribution in [0.1, 0.15) is 15.9 Å². The highest BCUT2D eigenvalue weighted by atomic mass is 79.9. The normalized spacial score (nSPS) is 13.1. The summed E-state index contributed by atoms with van der Waals surface area (Å²) < 4.78 is 19.4. The van der Waals surface area contributed by atoms with E-state index in [-0.39, 0.29) is 28.1 Å². The molecule has 0 fully saturated rings. The van der Waals surface area contributed by atoms with Crippen LogP contribution in [0.2, 0.25) is 0 Å². The fourth-order valence-corrected chi connectivity index (χ4v) is 2.43. The number of fused-ring (bicyclic) bond motifs is 1. The lowest BCUT2D eigenvalue weighted by Gasteiger charge is -2.18. The van der Waals surface area contributed by atoms with E-state index < -0.39 is 11.6 Å². The van der Waals surface area contributed by atoms with E-state index in [1.807, 2.05) is 0 Å². The Morgan fingerprint density at radius 3 is 2.90 bits per heavy atom. The van der Waals surface area contributed by atoms with E-state index in [2.05, 4.69) is 21.2 Å². The van der Waals surface area contributed by atoms with Crippen molar-refractivity contribution in [1.82, 2.24) is 0 Å². The molecule has 0 radical (unpaired) electrons. The van der Waals surface area contributed by atoms with Crippen LogP contribution < -0.4 is 10.1 Å². The lowest BCUT2D eigenvalue weighted by Crippen LogP contribution is -2.25. The fraction of sp³-hybridized carbons (Fsp3) is 0.0667. The molecule has 0 saturated carbocycles. The molecule has 1 aliphatic heterocycles. The van der Waals surface area contributed by atoms with Crippen LogP contribution in [0.15, 0.2) is 40.9 Å². The number of hydrogen-bond donors (Lipinski definition) is 1. The summed E-state index contributed by atoms with van der Waals surface area (Å²) in [5, 5.41) is 2.61. The third kappa shape index (κ3) is 2.54. The predicted molar refractivity (Wildman–Crippen MR) is 78.1 cm³/mol. The maximum atomic E-state index is 14.0. The molecule has 0 unspecified atom stereocenters. The summed E-state index contributed by atoms with van der Waals surface area (Å²) in [5.74, 6) is -0.876. The molecule has 2 aromatic rings. The fourth-order valence-electron chi connectivity index (χ4n) is 2.06. The number of halogens is 2. The van der Waals surface area contributed by atoms with Crippen LogP contribution in [0.4, 0.5) is 10.1 Å². The number of anilines is 1. The van der Waals surface area contributed by atoms with E-state index in [0.29, 0.717) is 11.4 Å². The van der Waals surface area contributed by atoms with E-state index in [0.717, 1.165) is 0 Å². The predicted octanol–water partition coefficient (Wildman–Crippen LogP) is 3.15. The highest BCUT2D eigenvalue weighted by Crippen LogP contribution is 2.30. The summed E-state index contributed by atoms with van der Waals surface area (Å²) in [4.78, 5) is 23.7. The molecule has 0 aromatic heterocycles. The molecule has 0 aliphatic carbocycles. The minimum atomic E-state index is -0.611. The van der Waals surface area contributed by atoms with Crippen LogP contribution in [-0.4, -0.2) is 18.3 Å². The van der Waals surface area contributed by atoms with Crippen LogP contribution in [-0.2, 0) is 4.79 Å². The summed E-state index contributed by atoms with van der Waals surface area (Å²) in [5.41, 5.74) is 0.649. The van der Waals surface area contributed by atoms with Gasteiger partial charge in [-0.05, 0) is 46.3 Å². The van der Waals surface area contributed by atoms with Crippen LogP contribution in [0.5, 0.6) is 5.75 Å². The first-order chi connectivity index (χ1) is 10.1. The van der Waals surface area contributed by atoms with Crippen LogP contribution >= 0.6 is 15.9 Å². The van der Waals surface area contributed by atoms with Crippen LogP contribution in [0.25, 0.3) is 0 Å². The minimum Gasteiger partial charge on any atom is -0.482 e. The minimum absolute atomic E-state index is 0.0348. The van der Waals surface area contributed by atoms with Crippen molar-refractivity contribution in [3.05, 3.63) is 57.8 Å². The molecule has 6 heteroatoms. The third-order valence-corrected chi connectivity index (χ3v) is 3.68. The molecular formula is C15H9BrFNO3. The number of carbonyl (C=O) groups excluding carboxylic acids is 2.